The topological polar surface area (TPSA) is 54.7 Å². The Hall–Kier alpha value is -0.990. The quantitative estimate of drug-likeness (QED) is 0.779. The lowest BCUT2D eigenvalue weighted by Gasteiger charge is -2.06. The summed E-state index contributed by atoms with van der Waals surface area (Å²) < 4.78 is 0. The molecule has 2 rings (SSSR count). The molecule has 0 unspecified atom stereocenters. The molecule has 1 heterocycles. The van der Waals surface area contributed by atoms with Gasteiger partial charge in [-0.15, -0.1) is 0 Å². The predicted molar refractivity (Wildman–Crippen MR) is 62.6 cm³/mol. The number of anilines is 1. The van der Waals surface area contributed by atoms with Crippen molar-refractivity contribution in [1.82, 2.24) is 10.2 Å². The van der Waals surface area contributed by atoms with Gasteiger partial charge in [-0.3, -0.25) is 5.10 Å². The minimum Gasteiger partial charge on any atom is -0.382 e. The average molecular weight is 207 g/mol. The van der Waals surface area contributed by atoms with Gasteiger partial charge in [0.1, 0.15) is 5.82 Å². The van der Waals surface area contributed by atoms with Crippen molar-refractivity contribution in [2.24, 2.45) is 11.8 Å². The van der Waals surface area contributed by atoms with E-state index < -0.39 is 0 Å². The predicted octanol–water partition coefficient (Wildman–Crippen LogP) is 2.53. The first-order valence-electron chi connectivity index (χ1n) is 5.98. The second-order valence-electron chi connectivity index (χ2n) is 5.15. The molecule has 0 aromatic carbocycles. The average Bonchev–Trinajstić information content (AvgIpc) is 2.93. The maximum absolute atomic E-state index is 5.87. The maximum atomic E-state index is 5.87. The molecule has 1 fully saturated rings. The van der Waals surface area contributed by atoms with Gasteiger partial charge in [-0.1, -0.05) is 26.7 Å². The van der Waals surface area contributed by atoms with Gasteiger partial charge in [-0.05, 0) is 31.1 Å². The van der Waals surface area contributed by atoms with E-state index in [2.05, 4.69) is 24.0 Å². The monoisotopic (exact) mass is 207 g/mol. The number of hydrogen-bond acceptors (Lipinski definition) is 2. The molecule has 0 bridgehead atoms. The summed E-state index contributed by atoms with van der Waals surface area (Å²) in [6, 6.07) is 0. The van der Waals surface area contributed by atoms with Crippen molar-refractivity contribution in [3.8, 4) is 0 Å². The van der Waals surface area contributed by atoms with Gasteiger partial charge in [0.2, 0.25) is 0 Å². The van der Waals surface area contributed by atoms with Crippen LogP contribution in [-0.2, 0) is 12.8 Å². The summed E-state index contributed by atoms with van der Waals surface area (Å²) in [6.07, 6.45) is 6.30. The van der Waals surface area contributed by atoms with Gasteiger partial charge in [0, 0.05) is 11.3 Å². The molecule has 0 aliphatic heterocycles. The summed E-state index contributed by atoms with van der Waals surface area (Å²) in [4.78, 5) is 0. The number of H-pyrrole nitrogens is 1. The molecule has 3 heteroatoms. The van der Waals surface area contributed by atoms with Crippen LogP contribution in [0.2, 0.25) is 0 Å². The van der Waals surface area contributed by atoms with Gasteiger partial charge in [0.05, 0.1) is 0 Å². The molecular formula is C12H21N3. The Balaban J connectivity index is 2.00. The van der Waals surface area contributed by atoms with Crippen LogP contribution >= 0.6 is 0 Å². The van der Waals surface area contributed by atoms with Crippen LogP contribution in [0.4, 0.5) is 5.82 Å². The lowest BCUT2D eigenvalue weighted by molar-refractivity contribution is 0.636. The highest BCUT2D eigenvalue weighted by Gasteiger charge is 2.22. The third-order valence-corrected chi connectivity index (χ3v) is 3.10. The minimum atomic E-state index is 0.643. The van der Waals surface area contributed by atoms with E-state index in [9.17, 15) is 0 Å². The van der Waals surface area contributed by atoms with Crippen LogP contribution in [0.3, 0.4) is 0 Å². The second kappa shape index (κ2) is 4.25. The van der Waals surface area contributed by atoms with Crippen molar-refractivity contribution in [3.63, 3.8) is 0 Å². The highest BCUT2D eigenvalue weighted by atomic mass is 15.2. The van der Waals surface area contributed by atoms with E-state index in [0.717, 1.165) is 18.8 Å². The number of nitrogens with zero attached hydrogens (tertiary/aromatic N) is 1. The molecule has 3 nitrogen and oxygen atoms in total. The van der Waals surface area contributed by atoms with Crippen LogP contribution in [0, 0.1) is 11.8 Å². The summed E-state index contributed by atoms with van der Waals surface area (Å²) in [5, 5.41) is 7.21. The maximum Gasteiger partial charge on any atom is 0.148 e. The molecule has 1 aliphatic rings. The smallest absolute Gasteiger partial charge is 0.148 e. The van der Waals surface area contributed by atoms with E-state index in [4.69, 9.17) is 5.73 Å². The summed E-state index contributed by atoms with van der Waals surface area (Å²) >= 11 is 0. The molecule has 0 amide bonds. The Bertz CT molecular complexity index is 324. The fourth-order valence-corrected chi connectivity index (χ4v) is 2.02. The van der Waals surface area contributed by atoms with E-state index in [0.29, 0.717) is 11.7 Å². The van der Waals surface area contributed by atoms with Crippen molar-refractivity contribution in [1.29, 1.82) is 0 Å². The number of nitrogens with one attached hydrogen (secondary N) is 1. The normalized spacial score (nSPS) is 16.2. The van der Waals surface area contributed by atoms with E-state index in [-0.39, 0.29) is 0 Å². The molecule has 0 atom stereocenters. The molecule has 0 radical (unpaired) electrons. The lowest BCUT2D eigenvalue weighted by Crippen LogP contribution is -2.01. The molecule has 0 saturated heterocycles. The molecule has 1 aliphatic carbocycles. The van der Waals surface area contributed by atoms with Gasteiger partial charge in [0.15, 0.2) is 0 Å². The first kappa shape index (κ1) is 10.5. The van der Waals surface area contributed by atoms with E-state index in [1.165, 1.54) is 30.5 Å². The fourth-order valence-electron chi connectivity index (χ4n) is 2.02. The van der Waals surface area contributed by atoms with Crippen molar-refractivity contribution in [3.05, 3.63) is 11.3 Å². The summed E-state index contributed by atoms with van der Waals surface area (Å²) in [5.74, 6) is 2.32. The first-order valence-corrected chi connectivity index (χ1v) is 5.98. The van der Waals surface area contributed by atoms with E-state index in [1.54, 1.807) is 0 Å². The molecule has 1 saturated carbocycles. The summed E-state index contributed by atoms with van der Waals surface area (Å²) in [6.45, 7) is 4.44. The zero-order chi connectivity index (χ0) is 10.8. The molecule has 1 aromatic rings. The van der Waals surface area contributed by atoms with Gasteiger partial charge in [-0.2, -0.15) is 5.10 Å². The third kappa shape index (κ3) is 2.74. The number of rotatable bonds is 5. The van der Waals surface area contributed by atoms with Gasteiger partial charge < -0.3 is 5.73 Å². The van der Waals surface area contributed by atoms with Crippen molar-refractivity contribution < 1.29 is 0 Å². The fraction of sp³-hybridized carbons (Fsp3) is 0.750. The largest absolute Gasteiger partial charge is 0.382 e. The number of aromatic amines is 1. The third-order valence-electron chi connectivity index (χ3n) is 3.10. The van der Waals surface area contributed by atoms with E-state index >= 15 is 0 Å². The zero-order valence-electron chi connectivity index (χ0n) is 9.71. The Labute approximate surface area is 91.4 Å². The number of hydrogen-bond donors (Lipinski definition) is 2. The van der Waals surface area contributed by atoms with Gasteiger partial charge >= 0.3 is 0 Å². The second-order valence-corrected chi connectivity index (χ2v) is 5.15. The molecule has 15 heavy (non-hydrogen) atoms. The van der Waals surface area contributed by atoms with Crippen LogP contribution in [-0.4, -0.2) is 10.2 Å². The molecule has 3 N–H and O–H groups in total. The lowest BCUT2D eigenvalue weighted by atomic mass is 10.00. The number of aromatic nitrogens is 2. The Kier molecular flexibility index (Phi) is 2.98. The highest BCUT2D eigenvalue weighted by molar-refractivity contribution is 5.42. The minimum absolute atomic E-state index is 0.643. The van der Waals surface area contributed by atoms with E-state index in [1.807, 2.05) is 0 Å². The van der Waals surface area contributed by atoms with Crippen molar-refractivity contribution in [2.45, 2.75) is 46.0 Å². The van der Waals surface area contributed by atoms with Crippen LogP contribution in [0.1, 0.15) is 44.4 Å². The first-order chi connectivity index (χ1) is 7.16. The van der Waals surface area contributed by atoms with Crippen molar-refractivity contribution in [2.75, 3.05) is 5.73 Å². The highest BCUT2D eigenvalue weighted by Crippen LogP contribution is 2.34. The zero-order valence-corrected chi connectivity index (χ0v) is 9.71. The summed E-state index contributed by atoms with van der Waals surface area (Å²) in [5.41, 5.74) is 8.40. The Morgan fingerprint density at radius 3 is 2.80 bits per heavy atom. The molecule has 0 spiro atoms. The number of aryl methyl sites for hydroxylation is 1. The van der Waals surface area contributed by atoms with Crippen LogP contribution < -0.4 is 5.73 Å². The summed E-state index contributed by atoms with van der Waals surface area (Å²) in [7, 11) is 0. The molecule has 84 valence electrons. The van der Waals surface area contributed by atoms with Gasteiger partial charge in [0.25, 0.3) is 0 Å². The Morgan fingerprint density at radius 2 is 2.20 bits per heavy atom. The van der Waals surface area contributed by atoms with Crippen LogP contribution in [0.15, 0.2) is 0 Å². The molecular weight excluding hydrogens is 186 g/mol. The van der Waals surface area contributed by atoms with Gasteiger partial charge in [-0.25, -0.2) is 0 Å². The standard InChI is InChI=1S/C12H21N3/c1-8(2)7-10-11(14-15-12(10)13)6-5-9-3-4-9/h8-9H,3-7H2,1-2H3,(H3,13,14,15). The van der Waals surface area contributed by atoms with Crippen LogP contribution in [0.25, 0.3) is 0 Å². The SMILES string of the molecule is CC(C)Cc1c(N)n[nH]c1CCC1CC1. The number of nitrogens with two attached hydrogens (primary N) is 1. The van der Waals surface area contributed by atoms with Crippen molar-refractivity contribution >= 4 is 5.82 Å². The number of nitrogen functional groups attached to an aromatic ring is 1. The molecule has 1 aromatic heterocycles. The van der Waals surface area contributed by atoms with Crippen LogP contribution in [0.5, 0.6) is 0 Å². The Morgan fingerprint density at radius 1 is 1.47 bits per heavy atom.